The summed E-state index contributed by atoms with van der Waals surface area (Å²) < 4.78 is 0. The number of nitrogens with zero attached hydrogens (tertiary/aromatic N) is 2. The monoisotopic (exact) mass is 368 g/mol. The lowest BCUT2D eigenvalue weighted by atomic mass is 9.98. The van der Waals surface area contributed by atoms with Crippen LogP contribution in [0.4, 0.5) is 0 Å². The molecule has 2 aliphatic heterocycles. The van der Waals surface area contributed by atoms with Crippen LogP contribution in [0, 0.1) is 0 Å². The van der Waals surface area contributed by atoms with E-state index in [9.17, 15) is 4.79 Å². The lowest BCUT2D eigenvalue weighted by Crippen LogP contribution is -2.46. The molecule has 5 nitrogen and oxygen atoms in total. The van der Waals surface area contributed by atoms with Gasteiger partial charge in [0.05, 0.1) is 17.4 Å². The van der Waals surface area contributed by atoms with Gasteiger partial charge < -0.3 is 10.3 Å². The van der Waals surface area contributed by atoms with Crippen LogP contribution in [0.5, 0.6) is 0 Å². The van der Waals surface area contributed by atoms with E-state index in [0.717, 1.165) is 5.82 Å². The number of aromatic nitrogens is 2. The van der Waals surface area contributed by atoms with Gasteiger partial charge in [-0.05, 0) is 50.9 Å². The van der Waals surface area contributed by atoms with Gasteiger partial charge in [-0.25, -0.2) is 4.98 Å². The van der Waals surface area contributed by atoms with Crippen molar-refractivity contribution in [3.63, 3.8) is 0 Å². The van der Waals surface area contributed by atoms with Crippen molar-refractivity contribution in [2.75, 3.05) is 7.05 Å². The van der Waals surface area contributed by atoms with Gasteiger partial charge in [0, 0.05) is 23.1 Å². The van der Waals surface area contributed by atoms with Crippen LogP contribution in [0.2, 0.25) is 5.02 Å². The molecule has 4 rings (SSSR count). The molecule has 130 valence electrons. The summed E-state index contributed by atoms with van der Waals surface area (Å²) in [6.07, 6.45) is 4.95. The van der Waals surface area contributed by atoms with E-state index in [2.05, 4.69) is 27.2 Å². The molecule has 24 heavy (non-hydrogen) atoms. The van der Waals surface area contributed by atoms with E-state index in [0.29, 0.717) is 40.6 Å². The van der Waals surface area contributed by atoms with Crippen molar-refractivity contribution in [2.24, 2.45) is 0 Å². The minimum atomic E-state index is -0.119. The number of hydrogen-bond acceptors (Lipinski definition) is 4. The number of aromatic amines is 1. The number of nitrogens with one attached hydrogen (secondary N) is 2. The van der Waals surface area contributed by atoms with Crippen LogP contribution in [-0.2, 0) is 6.54 Å². The highest BCUT2D eigenvalue weighted by Crippen LogP contribution is 2.29. The summed E-state index contributed by atoms with van der Waals surface area (Å²) in [5.74, 6) is 0.721. The molecule has 2 saturated heterocycles. The first-order chi connectivity index (χ1) is 11.1. The summed E-state index contributed by atoms with van der Waals surface area (Å²) in [6.45, 7) is 0.665. The fourth-order valence-electron chi connectivity index (χ4n) is 3.99. The SMILES string of the molecule is CN(Cc1nc2ccc(Cl)cc2c(=O)[nH]1)C1CC2CCC(C1)N2.Cl. The number of H-pyrrole nitrogens is 1. The Bertz CT molecular complexity index is 782. The Morgan fingerprint density at radius 3 is 2.71 bits per heavy atom. The van der Waals surface area contributed by atoms with E-state index >= 15 is 0 Å². The highest BCUT2D eigenvalue weighted by atomic mass is 35.5. The molecule has 2 atom stereocenters. The fraction of sp³-hybridized carbons (Fsp3) is 0.529. The second-order valence-electron chi connectivity index (χ2n) is 6.85. The summed E-state index contributed by atoms with van der Waals surface area (Å²) in [5, 5.41) is 4.77. The lowest BCUT2D eigenvalue weighted by Gasteiger charge is -2.35. The first kappa shape index (κ1) is 17.7. The predicted molar refractivity (Wildman–Crippen MR) is 99.1 cm³/mol. The Hall–Kier alpha value is -1.14. The van der Waals surface area contributed by atoms with E-state index in [1.54, 1.807) is 18.2 Å². The first-order valence-electron chi connectivity index (χ1n) is 8.23. The third-order valence-corrected chi connectivity index (χ3v) is 5.42. The number of piperidine rings is 1. The Balaban J connectivity index is 0.00000169. The Morgan fingerprint density at radius 2 is 2.00 bits per heavy atom. The van der Waals surface area contributed by atoms with E-state index < -0.39 is 0 Å². The van der Waals surface area contributed by atoms with Gasteiger partial charge in [-0.2, -0.15) is 0 Å². The molecule has 3 heterocycles. The van der Waals surface area contributed by atoms with Gasteiger partial charge in [-0.1, -0.05) is 11.6 Å². The number of benzene rings is 1. The summed E-state index contributed by atoms with van der Waals surface area (Å²) in [6, 6.07) is 7.12. The normalized spacial score (nSPS) is 25.9. The van der Waals surface area contributed by atoms with Crippen molar-refractivity contribution in [3.05, 3.63) is 39.4 Å². The molecule has 0 radical (unpaired) electrons. The second kappa shape index (κ2) is 7.00. The molecule has 2 fully saturated rings. The van der Waals surface area contributed by atoms with Crippen molar-refractivity contribution < 1.29 is 0 Å². The molecule has 0 aliphatic carbocycles. The molecule has 2 bridgehead atoms. The van der Waals surface area contributed by atoms with Gasteiger partial charge in [0.2, 0.25) is 0 Å². The number of rotatable bonds is 3. The summed E-state index contributed by atoms with van der Waals surface area (Å²) in [7, 11) is 2.13. The predicted octanol–water partition coefficient (Wildman–Crippen LogP) is 2.71. The minimum Gasteiger partial charge on any atom is -0.311 e. The molecule has 1 aromatic heterocycles. The molecule has 2 aromatic rings. The molecule has 0 saturated carbocycles. The third kappa shape index (κ3) is 3.45. The van der Waals surface area contributed by atoms with Gasteiger partial charge in [0.1, 0.15) is 5.82 Å². The smallest absolute Gasteiger partial charge is 0.258 e. The van der Waals surface area contributed by atoms with E-state index in [1.807, 2.05) is 0 Å². The topological polar surface area (TPSA) is 61.0 Å². The molecular formula is C17H22Cl2N4O. The maximum Gasteiger partial charge on any atom is 0.258 e. The van der Waals surface area contributed by atoms with Crippen molar-refractivity contribution in [2.45, 2.75) is 50.4 Å². The zero-order chi connectivity index (χ0) is 16.0. The number of hydrogen-bond donors (Lipinski definition) is 2. The van der Waals surface area contributed by atoms with Crippen LogP contribution < -0.4 is 10.9 Å². The van der Waals surface area contributed by atoms with Crippen molar-refractivity contribution in [3.8, 4) is 0 Å². The van der Waals surface area contributed by atoms with Gasteiger partial charge in [0.15, 0.2) is 0 Å². The van der Waals surface area contributed by atoms with Crippen molar-refractivity contribution in [1.29, 1.82) is 0 Å². The van der Waals surface area contributed by atoms with Gasteiger partial charge in [-0.15, -0.1) is 12.4 Å². The van der Waals surface area contributed by atoms with Crippen LogP contribution in [0.15, 0.2) is 23.0 Å². The van der Waals surface area contributed by atoms with Crippen LogP contribution >= 0.6 is 24.0 Å². The minimum absolute atomic E-state index is 0. The van der Waals surface area contributed by atoms with Crippen LogP contribution in [0.3, 0.4) is 0 Å². The standard InChI is InChI=1S/C17H21ClN4O.ClH/c1-22(13-7-11-3-4-12(8-13)19-11)9-16-20-15-5-2-10(18)6-14(15)17(23)21-16;/h2,5-6,11-13,19H,3-4,7-9H2,1H3,(H,20,21,23);1H. The van der Waals surface area contributed by atoms with Crippen LogP contribution in [0.25, 0.3) is 10.9 Å². The highest BCUT2D eigenvalue weighted by molar-refractivity contribution is 6.31. The average Bonchev–Trinajstić information content (AvgIpc) is 2.86. The van der Waals surface area contributed by atoms with Crippen LogP contribution in [-0.4, -0.2) is 40.0 Å². The van der Waals surface area contributed by atoms with E-state index in [4.69, 9.17) is 11.6 Å². The highest BCUT2D eigenvalue weighted by Gasteiger charge is 2.35. The van der Waals surface area contributed by atoms with Gasteiger partial charge >= 0.3 is 0 Å². The molecule has 0 spiro atoms. The summed E-state index contributed by atoms with van der Waals surface area (Å²) >= 11 is 5.95. The first-order valence-corrected chi connectivity index (χ1v) is 8.61. The molecule has 1 aromatic carbocycles. The molecular weight excluding hydrogens is 347 g/mol. The third-order valence-electron chi connectivity index (χ3n) is 5.19. The summed E-state index contributed by atoms with van der Waals surface area (Å²) in [4.78, 5) is 22.1. The van der Waals surface area contributed by atoms with E-state index in [-0.39, 0.29) is 18.0 Å². The van der Waals surface area contributed by atoms with E-state index in [1.165, 1.54) is 25.7 Å². The number of halogens is 2. The summed E-state index contributed by atoms with van der Waals surface area (Å²) in [5.41, 5.74) is 0.582. The average molecular weight is 369 g/mol. The molecule has 2 N–H and O–H groups in total. The van der Waals surface area contributed by atoms with Gasteiger partial charge in [0.25, 0.3) is 5.56 Å². The largest absolute Gasteiger partial charge is 0.311 e. The number of fused-ring (bicyclic) bond motifs is 3. The zero-order valence-electron chi connectivity index (χ0n) is 13.6. The Kier molecular flexibility index (Phi) is 5.16. The molecule has 7 heteroatoms. The Morgan fingerprint density at radius 1 is 1.29 bits per heavy atom. The van der Waals surface area contributed by atoms with Crippen LogP contribution in [0.1, 0.15) is 31.5 Å². The fourth-order valence-corrected chi connectivity index (χ4v) is 4.16. The molecule has 0 amide bonds. The maximum atomic E-state index is 12.2. The van der Waals surface area contributed by atoms with Gasteiger partial charge in [-0.3, -0.25) is 9.69 Å². The van der Waals surface area contributed by atoms with Crippen molar-refractivity contribution in [1.82, 2.24) is 20.2 Å². The molecule has 2 aliphatic rings. The molecule has 2 unspecified atom stereocenters. The second-order valence-corrected chi connectivity index (χ2v) is 7.29. The quantitative estimate of drug-likeness (QED) is 0.874. The maximum absolute atomic E-state index is 12.2. The Labute approximate surface area is 152 Å². The van der Waals surface area contributed by atoms with Crippen molar-refractivity contribution >= 4 is 34.9 Å². The lowest BCUT2D eigenvalue weighted by molar-refractivity contribution is 0.162. The zero-order valence-corrected chi connectivity index (χ0v) is 15.2.